The van der Waals surface area contributed by atoms with Crippen LogP contribution in [-0.2, 0) is 14.8 Å². The molecule has 2 aromatic carbocycles. The molecular weight excluding hydrogens is 404 g/mol. The molecule has 0 unspecified atom stereocenters. The SMILES string of the molecule is COc1ccc(S(=O)(=O)N[C@@H](C)c2cc(C)ccc2C)cc1C(=O)N1CCOCC1. The van der Waals surface area contributed by atoms with Gasteiger partial charge in [-0.15, -0.1) is 0 Å². The number of methoxy groups -OCH3 is 1. The molecule has 1 amide bonds. The molecule has 30 heavy (non-hydrogen) atoms. The molecule has 0 saturated carbocycles. The third kappa shape index (κ3) is 4.83. The van der Waals surface area contributed by atoms with Crippen LogP contribution in [0.1, 0.15) is 40.0 Å². The van der Waals surface area contributed by atoms with Crippen molar-refractivity contribution in [1.29, 1.82) is 0 Å². The van der Waals surface area contributed by atoms with Gasteiger partial charge in [0.05, 0.1) is 30.8 Å². The maximum atomic E-state index is 13.1. The van der Waals surface area contributed by atoms with E-state index in [0.717, 1.165) is 16.7 Å². The molecule has 3 rings (SSSR count). The molecule has 1 aliphatic heterocycles. The first-order valence-electron chi connectivity index (χ1n) is 9.87. The Labute approximate surface area is 178 Å². The predicted octanol–water partition coefficient (Wildman–Crippen LogP) is 2.82. The van der Waals surface area contributed by atoms with E-state index in [1.54, 1.807) is 4.90 Å². The Balaban J connectivity index is 1.90. The van der Waals surface area contributed by atoms with Gasteiger partial charge in [-0.3, -0.25) is 4.79 Å². The number of carbonyl (C=O) groups excluding carboxylic acids is 1. The lowest BCUT2D eigenvalue weighted by Crippen LogP contribution is -2.40. The fourth-order valence-electron chi connectivity index (χ4n) is 3.55. The number of amides is 1. The minimum atomic E-state index is -3.85. The second-order valence-electron chi connectivity index (χ2n) is 7.47. The quantitative estimate of drug-likeness (QED) is 0.759. The van der Waals surface area contributed by atoms with Crippen LogP contribution in [0, 0.1) is 13.8 Å². The summed E-state index contributed by atoms with van der Waals surface area (Å²) in [5, 5.41) is 0. The topological polar surface area (TPSA) is 84.9 Å². The van der Waals surface area contributed by atoms with Crippen molar-refractivity contribution in [2.45, 2.75) is 31.7 Å². The summed E-state index contributed by atoms with van der Waals surface area (Å²) in [4.78, 5) is 14.6. The average molecular weight is 433 g/mol. The van der Waals surface area contributed by atoms with Gasteiger partial charge in [0.25, 0.3) is 5.91 Å². The maximum absolute atomic E-state index is 13.1. The van der Waals surface area contributed by atoms with Crippen molar-refractivity contribution in [3.8, 4) is 5.75 Å². The highest BCUT2D eigenvalue weighted by Gasteiger charge is 2.26. The van der Waals surface area contributed by atoms with Crippen molar-refractivity contribution < 1.29 is 22.7 Å². The van der Waals surface area contributed by atoms with Gasteiger partial charge >= 0.3 is 0 Å². The molecule has 0 spiro atoms. The van der Waals surface area contributed by atoms with Crippen LogP contribution in [0.25, 0.3) is 0 Å². The Morgan fingerprint density at radius 1 is 1.13 bits per heavy atom. The summed E-state index contributed by atoms with van der Waals surface area (Å²) in [5.41, 5.74) is 3.21. The summed E-state index contributed by atoms with van der Waals surface area (Å²) in [6.45, 7) is 7.57. The zero-order valence-corrected chi connectivity index (χ0v) is 18.6. The Morgan fingerprint density at radius 2 is 1.83 bits per heavy atom. The second-order valence-corrected chi connectivity index (χ2v) is 9.18. The largest absolute Gasteiger partial charge is 0.496 e. The molecule has 0 aliphatic carbocycles. The third-order valence-electron chi connectivity index (χ3n) is 5.24. The Morgan fingerprint density at radius 3 is 2.50 bits per heavy atom. The van der Waals surface area contributed by atoms with E-state index in [9.17, 15) is 13.2 Å². The minimum absolute atomic E-state index is 0.0251. The number of morpholine rings is 1. The van der Waals surface area contributed by atoms with Crippen LogP contribution in [0.15, 0.2) is 41.3 Å². The third-order valence-corrected chi connectivity index (χ3v) is 6.78. The van der Waals surface area contributed by atoms with Crippen molar-refractivity contribution in [2.24, 2.45) is 0 Å². The number of aryl methyl sites for hydroxylation is 2. The highest BCUT2D eigenvalue weighted by Crippen LogP contribution is 2.26. The van der Waals surface area contributed by atoms with E-state index in [1.807, 2.05) is 39.0 Å². The van der Waals surface area contributed by atoms with Gasteiger partial charge in [-0.2, -0.15) is 0 Å². The number of rotatable bonds is 6. The van der Waals surface area contributed by atoms with E-state index in [1.165, 1.54) is 25.3 Å². The number of benzene rings is 2. The summed E-state index contributed by atoms with van der Waals surface area (Å²) in [6, 6.07) is 9.88. The summed E-state index contributed by atoms with van der Waals surface area (Å²) in [6.07, 6.45) is 0. The molecule has 0 aromatic heterocycles. The number of carbonyl (C=O) groups is 1. The van der Waals surface area contributed by atoms with Gasteiger partial charge < -0.3 is 14.4 Å². The zero-order valence-electron chi connectivity index (χ0n) is 17.8. The van der Waals surface area contributed by atoms with Crippen molar-refractivity contribution >= 4 is 15.9 Å². The molecule has 2 aromatic rings. The zero-order chi connectivity index (χ0) is 21.9. The van der Waals surface area contributed by atoms with E-state index in [0.29, 0.717) is 32.1 Å². The predicted molar refractivity (Wildman–Crippen MR) is 114 cm³/mol. The summed E-state index contributed by atoms with van der Waals surface area (Å²) in [5.74, 6) is 0.0720. The molecule has 1 aliphatic rings. The Kier molecular flexibility index (Phi) is 6.80. The van der Waals surface area contributed by atoms with E-state index >= 15 is 0 Å². The molecule has 1 saturated heterocycles. The van der Waals surface area contributed by atoms with Crippen LogP contribution in [0.5, 0.6) is 5.75 Å². The fourth-order valence-corrected chi connectivity index (χ4v) is 4.80. The van der Waals surface area contributed by atoms with Crippen LogP contribution in [0.2, 0.25) is 0 Å². The van der Waals surface area contributed by atoms with Gasteiger partial charge in [0.1, 0.15) is 5.75 Å². The standard InChI is InChI=1S/C22H28N2O5S/c1-15-5-6-16(2)19(13-15)17(3)23-30(26,27)18-7-8-21(28-4)20(14-18)22(25)24-9-11-29-12-10-24/h5-8,13-14,17,23H,9-12H2,1-4H3/t17-/m0/s1. The smallest absolute Gasteiger partial charge is 0.257 e. The molecule has 0 radical (unpaired) electrons. The molecule has 1 N–H and O–H groups in total. The summed E-state index contributed by atoms with van der Waals surface area (Å²) >= 11 is 0. The number of sulfonamides is 1. The number of ether oxygens (including phenoxy) is 2. The summed E-state index contributed by atoms with van der Waals surface area (Å²) < 4.78 is 39.5. The monoisotopic (exact) mass is 432 g/mol. The molecule has 1 fully saturated rings. The molecule has 7 nitrogen and oxygen atoms in total. The molecule has 8 heteroatoms. The van der Waals surface area contributed by atoms with Crippen LogP contribution >= 0.6 is 0 Å². The molecule has 1 atom stereocenters. The highest BCUT2D eigenvalue weighted by atomic mass is 32.2. The molecule has 162 valence electrons. The molecule has 0 bridgehead atoms. The van der Waals surface area contributed by atoms with E-state index in [-0.39, 0.29) is 16.4 Å². The lowest BCUT2D eigenvalue weighted by Gasteiger charge is -2.27. The van der Waals surface area contributed by atoms with Crippen LogP contribution in [0.4, 0.5) is 0 Å². The van der Waals surface area contributed by atoms with Crippen molar-refractivity contribution in [3.63, 3.8) is 0 Å². The Hall–Kier alpha value is -2.42. The number of hydrogen-bond donors (Lipinski definition) is 1. The Bertz CT molecular complexity index is 1030. The van der Waals surface area contributed by atoms with Gasteiger partial charge in [0, 0.05) is 19.1 Å². The first-order valence-corrected chi connectivity index (χ1v) is 11.4. The van der Waals surface area contributed by atoms with Crippen molar-refractivity contribution in [3.05, 3.63) is 58.7 Å². The number of nitrogens with one attached hydrogen (secondary N) is 1. The minimum Gasteiger partial charge on any atom is -0.496 e. The van der Waals surface area contributed by atoms with Gasteiger partial charge in [-0.25, -0.2) is 13.1 Å². The van der Waals surface area contributed by atoms with E-state index < -0.39 is 16.1 Å². The van der Waals surface area contributed by atoms with Crippen LogP contribution < -0.4 is 9.46 Å². The van der Waals surface area contributed by atoms with Gasteiger partial charge in [0.15, 0.2) is 0 Å². The van der Waals surface area contributed by atoms with Crippen molar-refractivity contribution in [1.82, 2.24) is 9.62 Å². The second kappa shape index (κ2) is 9.16. The summed E-state index contributed by atoms with van der Waals surface area (Å²) in [7, 11) is -2.39. The first-order chi connectivity index (χ1) is 14.2. The molecular formula is C22H28N2O5S. The maximum Gasteiger partial charge on any atom is 0.257 e. The lowest BCUT2D eigenvalue weighted by molar-refractivity contribution is 0.0300. The van der Waals surface area contributed by atoms with Crippen LogP contribution in [-0.4, -0.2) is 52.6 Å². The van der Waals surface area contributed by atoms with Gasteiger partial charge in [0.2, 0.25) is 10.0 Å². The van der Waals surface area contributed by atoms with Crippen molar-refractivity contribution in [2.75, 3.05) is 33.4 Å². The van der Waals surface area contributed by atoms with E-state index in [2.05, 4.69) is 4.72 Å². The number of hydrogen-bond acceptors (Lipinski definition) is 5. The average Bonchev–Trinajstić information content (AvgIpc) is 2.74. The van der Waals surface area contributed by atoms with E-state index in [4.69, 9.17) is 9.47 Å². The van der Waals surface area contributed by atoms with Crippen LogP contribution in [0.3, 0.4) is 0 Å². The van der Waals surface area contributed by atoms with Gasteiger partial charge in [-0.1, -0.05) is 23.8 Å². The van der Waals surface area contributed by atoms with Gasteiger partial charge in [-0.05, 0) is 50.1 Å². The number of nitrogens with zero attached hydrogens (tertiary/aromatic N) is 1. The normalized spacial score (nSPS) is 15.7. The first kappa shape index (κ1) is 22.3. The lowest BCUT2D eigenvalue weighted by atomic mass is 10.0. The molecule has 1 heterocycles. The highest BCUT2D eigenvalue weighted by molar-refractivity contribution is 7.89. The fraction of sp³-hybridized carbons (Fsp3) is 0.409.